The standard InChI is InChI=1S/C28H31N5O7S/c1-28(2,3)23(15-34)33-25(35)16-9-11-19(21(13-16)27(37)40-41(4,38)39)18-7-5-6-8-20(18)26(36)32-17-10-12-22(24(29)30)31-14-17/h5-14,23,34H,15H2,1-4H3,(H3,29,30)(H,32,36)(H,33,35)/t23-/m1/s1. The van der Waals surface area contributed by atoms with E-state index in [0.29, 0.717) is 11.9 Å². The number of nitrogen functional groups attached to an aromatic ring is 1. The summed E-state index contributed by atoms with van der Waals surface area (Å²) in [6.45, 7) is 5.18. The average molecular weight is 582 g/mol. The Morgan fingerprint density at radius 2 is 1.68 bits per heavy atom. The lowest BCUT2D eigenvalue weighted by Gasteiger charge is -2.29. The molecule has 3 rings (SSSR count). The third-order valence-corrected chi connectivity index (χ3v) is 6.48. The van der Waals surface area contributed by atoms with Crippen LogP contribution in [0.5, 0.6) is 0 Å². The molecule has 0 unspecified atom stereocenters. The number of nitrogens with zero attached hydrogens (tertiary/aromatic N) is 1. The van der Waals surface area contributed by atoms with Crippen molar-refractivity contribution in [2.45, 2.75) is 26.8 Å². The normalized spacial score (nSPS) is 12.2. The van der Waals surface area contributed by atoms with Crippen molar-refractivity contribution in [1.29, 1.82) is 5.41 Å². The molecule has 2 amide bonds. The summed E-state index contributed by atoms with van der Waals surface area (Å²) >= 11 is 0. The van der Waals surface area contributed by atoms with Gasteiger partial charge in [-0.15, -0.1) is 0 Å². The van der Waals surface area contributed by atoms with Gasteiger partial charge in [-0.3, -0.25) is 20.0 Å². The highest BCUT2D eigenvalue weighted by molar-refractivity contribution is 7.86. The fraction of sp³-hybridized carbons (Fsp3) is 0.250. The lowest BCUT2D eigenvalue weighted by molar-refractivity contribution is 0.0748. The molecule has 216 valence electrons. The van der Waals surface area contributed by atoms with E-state index in [1.165, 1.54) is 42.6 Å². The number of hydrogen-bond acceptors (Lipinski definition) is 9. The zero-order valence-corrected chi connectivity index (χ0v) is 23.7. The number of aliphatic hydroxyl groups excluding tert-OH is 1. The first-order valence-electron chi connectivity index (χ1n) is 12.3. The van der Waals surface area contributed by atoms with Gasteiger partial charge in [-0.05, 0) is 46.9 Å². The molecule has 0 bridgehead atoms. The number of aromatic nitrogens is 1. The number of hydrogen-bond donors (Lipinski definition) is 5. The van der Waals surface area contributed by atoms with E-state index in [1.807, 2.05) is 20.8 Å². The van der Waals surface area contributed by atoms with Crippen molar-refractivity contribution in [2.24, 2.45) is 11.1 Å². The summed E-state index contributed by atoms with van der Waals surface area (Å²) < 4.78 is 28.2. The highest BCUT2D eigenvalue weighted by Gasteiger charge is 2.28. The smallest absolute Gasteiger partial charge is 0.354 e. The Hall–Kier alpha value is -4.62. The zero-order chi connectivity index (χ0) is 30.5. The molecular formula is C28H31N5O7S. The summed E-state index contributed by atoms with van der Waals surface area (Å²) in [6.07, 6.45) is 2.04. The minimum Gasteiger partial charge on any atom is -0.394 e. The minimum absolute atomic E-state index is 0.00969. The fourth-order valence-electron chi connectivity index (χ4n) is 3.79. The highest BCUT2D eigenvalue weighted by atomic mass is 32.2. The highest BCUT2D eigenvalue weighted by Crippen LogP contribution is 2.30. The second-order valence-electron chi connectivity index (χ2n) is 10.3. The second-order valence-corrected chi connectivity index (χ2v) is 11.8. The van der Waals surface area contributed by atoms with Crippen LogP contribution in [0.15, 0.2) is 60.8 Å². The number of pyridine rings is 1. The Morgan fingerprint density at radius 1 is 1.02 bits per heavy atom. The van der Waals surface area contributed by atoms with E-state index in [1.54, 1.807) is 18.2 Å². The van der Waals surface area contributed by atoms with Gasteiger partial charge in [0.1, 0.15) is 11.5 Å². The maximum atomic E-state index is 13.3. The molecule has 3 aromatic rings. The van der Waals surface area contributed by atoms with Crippen molar-refractivity contribution < 1.29 is 32.1 Å². The van der Waals surface area contributed by atoms with Gasteiger partial charge in [0.05, 0.1) is 36.4 Å². The Kier molecular flexibility index (Phi) is 9.25. The molecule has 0 spiro atoms. The molecule has 0 saturated heterocycles. The summed E-state index contributed by atoms with van der Waals surface area (Å²) in [7, 11) is -4.22. The van der Waals surface area contributed by atoms with Crippen LogP contribution in [-0.4, -0.2) is 61.0 Å². The van der Waals surface area contributed by atoms with E-state index in [9.17, 15) is 27.9 Å². The predicted octanol–water partition coefficient (Wildman–Crippen LogP) is 2.54. The van der Waals surface area contributed by atoms with E-state index in [2.05, 4.69) is 19.8 Å². The number of benzene rings is 2. The number of nitrogens with one attached hydrogen (secondary N) is 3. The van der Waals surface area contributed by atoms with Crippen LogP contribution in [0.4, 0.5) is 5.69 Å². The summed E-state index contributed by atoms with van der Waals surface area (Å²) in [5, 5.41) is 22.6. The fourth-order valence-corrected chi connectivity index (χ4v) is 4.16. The molecule has 1 aromatic heterocycles. The Labute approximate surface area is 237 Å². The van der Waals surface area contributed by atoms with Crippen molar-refractivity contribution in [2.75, 3.05) is 18.2 Å². The van der Waals surface area contributed by atoms with Gasteiger partial charge in [0.2, 0.25) is 0 Å². The molecule has 2 aromatic carbocycles. The number of aliphatic hydroxyl groups is 1. The summed E-state index contributed by atoms with van der Waals surface area (Å²) in [4.78, 5) is 43.3. The van der Waals surface area contributed by atoms with E-state index in [-0.39, 0.29) is 46.0 Å². The van der Waals surface area contributed by atoms with Crippen LogP contribution in [-0.2, 0) is 14.3 Å². The third kappa shape index (κ3) is 7.96. The van der Waals surface area contributed by atoms with Crippen LogP contribution in [0.25, 0.3) is 11.1 Å². The van der Waals surface area contributed by atoms with Gasteiger partial charge in [0, 0.05) is 11.1 Å². The molecule has 1 atom stereocenters. The summed E-state index contributed by atoms with van der Waals surface area (Å²) in [5.74, 6) is -2.65. The molecule has 0 aliphatic carbocycles. The number of nitrogens with two attached hydrogens (primary N) is 1. The molecule has 0 fully saturated rings. The van der Waals surface area contributed by atoms with Crippen molar-refractivity contribution in [3.05, 3.63) is 83.2 Å². The van der Waals surface area contributed by atoms with Crippen LogP contribution < -0.4 is 16.4 Å². The number of amidine groups is 1. The first kappa shape index (κ1) is 30.9. The van der Waals surface area contributed by atoms with Crippen LogP contribution >= 0.6 is 0 Å². The van der Waals surface area contributed by atoms with Gasteiger partial charge in [-0.1, -0.05) is 45.0 Å². The molecule has 0 radical (unpaired) electrons. The van der Waals surface area contributed by atoms with Crippen molar-refractivity contribution in [3.8, 4) is 11.1 Å². The molecule has 0 aliphatic rings. The summed E-state index contributed by atoms with van der Waals surface area (Å²) in [5.41, 5.74) is 5.75. The van der Waals surface area contributed by atoms with Crippen LogP contribution in [0, 0.1) is 10.8 Å². The molecule has 41 heavy (non-hydrogen) atoms. The maximum Gasteiger partial charge on any atom is 0.354 e. The first-order chi connectivity index (χ1) is 19.1. The molecule has 13 heteroatoms. The molecule has 0 saturated carbocycles. The van der Waals surface area contributed by atoms with Crippen molar-refractivity contribution in [3.63, 3.8) is 0 Å². The zero-order valence-electron chi connectivity index (χ0n) is 22.9. The number of anilines is 1. The summed E-state index contributed by atoms with van der Waals surface area (Å²) in [6, 6.07) is 12.7. The van der Waals surface area contributed by atoms with E-state index >= 15 is 0 Å². The first-order valence-corrected chi connectivity index (χ1v) is 14.1. The van der Waals surface area contributed by atoms with Gasteiger partial charge in [-0.2, -0.15) is 8.42 Å². The van der Waals surface area contributed by atoms with Gasteiger partial charge in [-0.25, -0.2) is 4.79 Å². The topological polar surface area (TPSA) is 202 Å². The van der Waals surface area contributed by atoms with Crippen molar-refractivity contribution >= 4 is 39.4 Å². The lowest BCUT2D eigenvalue weighted by Crippen LogP contribution is -2.46. The Bertz CT molecular complexity index is 1600. The average Bonchev–Trinajstić information content (AvgIpc) is 2.89. The quantitative estimate of drug-likeness (QED) is 0.143. The van der Waals surface area contributed by atoms with Gasteiger partial charge in [0.25, 0.3) is 11.8 Å². The number of carbonyl (C=O) groups excluding carboxylic acids is 3. The second kappa shape index (κ2) is 12.3. The maximum absolute atomic E-state index is 13.3. The van der Waals surface area contributed by atoms with Crippen molar-refractivity contribution in [1.82, 2.24) is 10.3 Å². The Morgan fingerprint density at radius 3 is 2.24 bits per heavy atom. The van der Waals surface area contributed by atoms with E-state index in [0.717, 1.165) is 0 Å². The molecule has 0 aliphatic heterocycles. The number of carbonyl (C=O) groups is 3. The van der Waals surface area contributed by atoms with Crippen LogP contribution in [0.1, 0.15) is 57.5 Å². The van der Waals surface area contributed by atoms with Gasteiger partial charge in [0.15, 0.2) is 0 Å². The van der Waals surface area contributed by atoms with Crippen LogP contribution in [0.2, 0.25) is 0 Å². The van der Waals surface area contributed by atoms with Crippen LogP contribution in [0.3, 0.4) is 0 Å². The van der Waals surface area contributed by atoms with Gasteiger partial charge < -0.3 is 25.7 Å². The number of rotatable bonds is 9. The number of amides is 2. The molecular weight excluding hydrogens is 550 g/mol. The minimum atomic E-state index is -4.22. The van der Waals surface area contributed by atoms with E-state index in [4.69, 9.17) is 11.1 Å². The van der Waals surface area contributed by atoms with Gasteiger partial charge >= 0.3 is 16.1 Å². The Balaban J connectivity index is 2.06. The predicted molar refractivity (Wildman–Crippen MR) is 153 cm³/mol. The molecule has 1 heterocycles. The largest absolute Gasteiger partial charge is 0.394 e. The monoisotopic (exact) mass is 581 g/mol. The molecule has 6 N–H and O–H groups in total. The SMILES string of the molecule is CC(C)(C)[C@@H](CO)NC(=O)c1ccc(-c2ccccc2C(=O)Nc2ccc(C(=N)N)nc2)c(C(=O)OS(C)(=O)=O)c1. The van der Waals surface area contributed by atoms with E-state index < -0.39 is 39.4 Å². The third-order valence-electron chi connectivity index (χ3n) is 6.02. The molecule has 12 nitrogen and oxygen atoms in total. The lowest BCUT2D eigenvalue weighted by atomic mass is 9.87.